The van der Waals surface area contributed by atoms with Crippen LogP contribution in [0.5, 0.6) is 5.75 Å². The summed E-state index contributed by atoms with van der Waals surface area (Å²) in [6, 6.07) is 19.1. The van der Waals surface area contributed by atoms with Crippen molar-refractivity contribution in [2.75, 3.05) is 0 Å². The largest absolute Gasteiger partial charge is 0.485 e. The van der Waals surface area contributed by atoms with E-state index in [1.165, 1.54) is 0 Å². The summed E-state index contributed by atoms with van der Waals surface area (Å²) in [5, 5.41) is 1.69. The van der Waals surface area contributed by atoms with Crippen molar-refractivity contribution in [3.05, 3.63) is 77.6 Å². The van der Waals surface area contributed by atoms with E-state index in [4.69, 9.17) is 16.3 Å². The molecule has 21 heavy (non-hydrogen) atoms. The highest BCUT2D eigenvalue weighted by molar-refractivity contribution is 6.17. The van der Waals surface area contributed by atoms with E-state index in [1.807, 2.05) is 54.6 Å². The third kappa shape index (κ3) is 2.86. The minimum atomic E-state index is -0.375. The summed E-state index contributed by atoms with van der Waals surface area (Å²) in [7, 11) is 0. The van der Waals surface area contributed by atoms with Gasteiger partial charge >= 0.3 is 0 Å². The molecule has 0 saturated carbocycles. The molecule has 0 aliphatic carbocycles. The summed E-state index contributed by atoms with van der Waals surface area (Å²) in [5.41, 5.74) is 1.45. The number of benzene rings is 3. The van der Waals surface area contributed by atoms with E-state index in [9.17, 15) is 4.39 Å². The molecule has 0 amide bonds. The zero-order chi connectivity index (χ0) is 14.7. The Morgan fingerprint density at radius 3 is 2.43 bits per heavy atom. The van der Waals surface area contributed by atoms with Crippen LogP contribution in [-0.4, -0.2) is 0 Å². The highest BCUT2D eigenvalue weighted by Crippen LogP contribution is 2.32. The molecule has 0 N–H and O–H groups in total. The van der Waals surface area contributed by atoms with Crippen molar-refractivity contribution < 1.29 is 9.13 Å². The molecule has 0 atom stereocenters. The molecule has 3 heteroatoms. The second-order valence-corrected chi connectivity index (χ2v) is 5.08. The van der Waals surface area contributed by atoms with Gasteiger partial charge in [-0.2, -0.15) is 0 Å². The molecule has 0 aliphatic heterocycles. The van der Waals surface area contributed by atoms with Crippen molar-refractivity contribution in [3.8, 4) is 5.75 Å². The normalized spacial score (nSPS) is 10.8. The lowest BCUT2D eigenvalue weighted by molar-refractivity contribution is 0.293. The van der Waals surface area contributed by atoms with Crippen LogP contribution in [0, 0.1) is 5.82 Å². The lowest BCUT2D eigenvalue weighted by atomic mass is 10.1. The fraction of sp³-hybridized carbons (Fsp3) is 0.111. The summed E-state index contributed by atoms with van der Waals surface area (Å²) in [5.74, 6) is 0.0190. The Labute approximate surface area is 127 Å². The topological polar surface area (TPSA) is 9.23 Å². The lowest BCUT2D eigenvalue weighted by Crippen LogP contribution is -2.00. The number of hydrogen-bond acceptors (Lipinski definition) is 1. The first-order valence-corrected chi connectivity index (χ1v) is 7.26. The van der Waals surface area contributed by atoms with Gasteiger partial charge in [-0.15, -0.1) is 11.6 Å². The Hall–Kier alpha value is -2.06. The summed E-state index contributed by atoms with van der Waals surface area (Å²) in [4.78, 5) is 0. The monoisotopic (exact) mass is 300 g/mol. The van der Waals surface area contributed by atoms with Crippen LogP contribution in [0.3, 0.4) is 0 Å². The van der Waals surface area contributed by atoms with Crippen LogP contribution in [0.1, 0.15) is 11.1 Å². The second kappa shape index (κ2) is 6.15. The molecule has 3 rings (SSSR count). The predicted molar refractivity (Wildman–Crippen MR) is 84.2 cm³/mol. The standard InChI is InChI=1S/C18H14ClFO/c19-11-15-10-14-8-4-5-9-16(14)18(17(15)20)21-12-13-6-2-1-3-7-13/h1-10H,11-12H2. The first kappa shape index (κ1) is 13.9. The van der Waals surface area contributed by atoms with Crippen LogP contribution in [0.25, 0.3) is 10.8 Å². The SMILES string of the molecule is Fc1c(CCl)cc2ccccc2c1OCc1ccccc1. The highest BCUT2D eigenvalue weighted by atomic mass is 35.5. The minimum absolute atomic E-state index is 0.123. The third-order valence-electron chi connectivity index (χ3n) is 3.39. The van der Waals surface area contributed by atoms with Gasteiger partial charge in [-0.1, -0.05) is 54.6 Å². The fourth-order valence-corrected chi connectivity index (χ4v) is 2.51. The van der Waals surface area contributed by atoms with Crippen LogP contribution in [-0.2, 0) is 12.5 Å². The molecule has 0 saturated heterocycles. The number of halogens is 2. The first-order valence-electron chi connectivity index (χ1n) is 6.72. The molecule has 0 aromatic heterocycles. The van der Waals surface area contributed by atoms with Gasteiger partial charge in [-0.25, -0.2) is 4.39 Å². The molecule has 0 fully saturated rings. The first-order chi connectivity index (χ1) is 10.3. The zero-order valence-electron chi connectivity index (χ0n) is 11.4. The van der Waals surface area contributed by atoms with Crippen molar-refractivity contribution in [3.63, 3.8) is 0 Å². The van der Waals surface area contributed by atoms with E-state index in [0.717, 1.165) is 16.3 Å². The van der Waals surface area contributed by atoms with Crippen molar-refractivity contribution in [2.24, 2.45) is 0 Å². The van der Waals surface area contributed by atoms with Gasteiger partial charge in [0.05, 0.1) is 5.88 Å². The van der Waals surface area contributed by atoms with E-state index in [2.05, 4.69) is 0 Å². The molecule has 106 valence electrons. The number of rotatable bonds is 4. The molecule has 0 aliphatic rings. The van der Waals surface area contributed by atoms with E-state index in [0.29, 0.717) is 12.2 Å². The zero-order valence-corrected chi connectivity index (χ0v) is 12.1. The molecule has 3 aromatic carbocycles. The molecule has 0 radical (unpaired) electrons. The quantitative estimate of drug-likeness (QED) is 0.594. The molecule has 0 heterocycles. The maximum absolute atomic E-state index is 14.5. The van der Waals surface area contributed by atoms with Crippen LogP contribution >= 0.6 is 11.6 Å². The summed E-state index contributed by atoms with van der Waals surface area (Å²) < 4.78 is 20.2. The van der Waals surface area contributed by atoms with Crippen LogP contribution < -0.4 is 4.74 Å². The molecular weight excluding hydrogens is 287 g/mol. The average molecular weight is 301 g/mol. The molecule has 0 bridgehead atoms. The Morgan fingerprint density at radius 1 is 0.952 bits per heavy atom. The van der Waals surface area contributed by atoms with E-state index in [1.54, 1.807) is 6.07 Å². The van der Waals surface area contributed by atoms with Crippen molar-refractivity contribution in [2.45, 2.75) is 12.5 Å². The Morgan fingerprint density at radius 2 is 1.67 bits per heavy atom. The van der Waals surface area contributed by atoms with Crippen molar-refractivity contribution in [1.29, 1.82) is 0 Å². The number of fused-ring (bicyclic) bond motifs is 1. The van der Waals surface area contributed by atoms with Gasteiger partial charge in [0.25, 0.3) is 0 Å². The van der Waals surface area contributed by atoms with Crippen molar-refractivity contribution in [1.82, 2.24) is 0 Å². The maximum Gasteiger partial charge on any atom is 0.170 e. The van der Waals surface area contributed by atoms with Crippen LogP contribution in [0.2, 0.25) is 0 Å². The van der Waals surface area contributed by atoms with E-state index in [-0.39, 0.29) is 17.4 Å². The van der Waals surface area contributed by atoms with Crippen molar-refractivity contribution >= 4 is 22.4 Å². The smallest absolute Gasteiger partial charge is 0.170 e. The minimum Gasteiger partial charge on any atom is -0.485 e. The number of hydrogen-bond donors (Lipinski definition) is 0. The van der Waals surface area contributed by atoms with Gasteiger partial charge in [0.2, 0.25) is 0 Å². The number of ether oxygens (including phenoxy) is 1. The Balaban J connectivity index is 2.01. The average Bonchev–Trinajstić information content (AvgIpc) is 2.54. The third-order valence-corrected chi connectivity index (χ3v) is 3.67. The summed E-state index contributed by atoms with van der Waals surface area (Å²) >= 11 is 5.83. The summed E-state index contributed by atoms with van der Waals surface area (Å²) in [6.45, 7) is 0.327. The molecule has 1 nitrogen and oxygen atoms in total. The van der Waals surface area contributed by atoms with Gasteiger partial charge in [-0.3, -0.25) is 0 Å². The summed E-state index contributed by atoms with van der Waals surface area (Å²) in [6.07, 6.45) is 0. The molecule has 0 unspecified atom stereocenters. The highest BCUT2D eigenvalue weighted by Gasteiger charge is 2.14. The van der Waals surface area contributed by atoms with Gasteiger partial charge in [-0.05, 0) is 17.0 Å². The maximum atomic E-state index is 14.5. The van der Waals surface area contributed by atoms with Gasteiger partial charge in [0, 0.05) is 10.9 Å². The van der Waals surface area contributed by atoms with E-state index >= 15 is 0 Å². The number of alkyl halides is 1. The molecular formula is C18H14ClFO. The van der Waals surface area contributed by atoms with Gasteiger partial charge < -0.3 is 4.74 Å². The molecule has 3 aromatic rings. The van der Waals surface area contributed by atoms with Gasteiger partial charge in [0.15, 0.2) is 11.6 Å². The fourth-order valence-electron chi connectivity index (χ4n) is 2.31. The van der Waals surface area contributed by atoms with Crippen LogP contribution in [0.15, 0.2) is 60.7 Å². The van der Waals surface area contributed by atoms with E-state index < -0.39 is 0 Å². The second-order valence-electron chi connectivity index (χ2n) is 4.81. The lowest BCUT2D eigenvalue weighted by Gasteiger charge is -2.13. The Kier molecular flexibility index (Phi) is 4.07. The predicted octanol–water partition coefficient (Wildman–Crippen LogP) is 5.30. The van der Waals surface area contributed by atoms with Gasteiger partial charge in [0.1, 0.15) is 6.61 Å². The Bertz CT molecular complexity index is 756. The van der Waals surface area contributed by atoms with Crippen LogP contribution in [0.4, 0.5) is 4.39 Å². The molecule has 0 spiro atoms.